The lowest BCUT2D eigenvalue weighted by atomic mass is 9.98. The van der Waals surface area contributed by atoms with Crippen LogP contribution in [0.1, 0.15) is 11.3 Å². The largest absolute Gasteiger partial charge is 0.495 e. The quantitative estimate of drug-likeness (QED) is 0.585. The zero-order chi connectivity index (χ0) is 22.1. The molecule has 0 radical (unpaired) electrons. The normalized spacial score (nSPS) is 16.8. The van der Waals surface area contributed by atoms with E-state index in [0.29, 0.717) is 27.7 Å². The molecule has 0 unspecified atom stereocenters. The Morgan fingerprint density at radius 2 is 1.88 bits per heavy atom. The molecule has 0 aliphatic carbocycles. The summed E-state index contributed by atoms with van der Waals surface area (Å²) in [5.74, 6) is 0.492. The van der Waals surface area contributed by atoms with Crippen molar-refractivity contribution in [1.82, 2.24) is 4.98 Å². The number of amides is 1. The van der Waals surface area contributed by atoms with Crippen molar-refractivity contribution in [3.8, 4) is 16.9 Å². The maximum atomic E-state index is 12.6. The Morgan fingerprint density at radius 1 is 1.09 bits per heavy atom. The molecule has 3 aromatic rings. The van der Waals surface area contributed by atoms with Crippen LogP contribution in [0.3, 0.4) is 0 Å². The number of nitrogens with one attached hydrogen (secondary N) is 1. The van der Waals surface area contributed by atoms with Gasteiger partial charge in [-0.25, -0.2) is 0 Å². The maximum absolute atomic E-state index is 12.6. The molecule has 1 saturated heterocycles. The number of anilines is 2. The number of ether oxygens (including phenoxy) is 2. The highest BCUT2D eigenvalue weighted by Crippen LogP contribution is 2.40. The molecule has 1 fully saturated rings. The number of nitrogens with zero attached hydrogens (tertiary/aromatic N) is 2. The van der Waals surface area contributed by atoms with Gasteiger partial charge in [-0.2, -0.15) is 0 Å². The number of morpholine rings is 1. The van der Waals surface area contributed by atoms with Gasteiger partial charge in [-0.15, -0.1) is 0 Å². The summed E-state index contributed by atoms with van der Waals surface area (Å²) >= 11 is 6.60. The second-order valence-electron chi connectivity index (χ2n) is 7.66. The highest BCUT2D eigenvalue weighted by atomic mass is 35.5. The molecule has 1 N–H and O–H groups in total. The van der Waals surface area contributed by atoms with Gasteiger partial charge in [-0.05, 0) is 48.0 Å². The van der Waals surface area contributed by atoms with Gasteiger partial charge in [0.1, 0.15) is 5.75 Å². The molecule has 0 spiro atoms. The average molecular weight is 448 g/mol. The summed E-state index contributed by atoms with van der Waals surface area (Å²) < 4.78 is 10.6. The molecule has 162 valence electrons. The Labute approximate surface area is 191 Å². The topological polar surface area (TPSA) is 63.7 Å². The van der Waals surface area contributed by atoms with Crippen LogP contribution in [-0.4, -0.2) is 44.3 Å². The van der Waals surface area contributed by atoms with E-state index < -0.39 is 0 Å². The lowest BCUT2D eigenvalue weighted by Crippen LogP contribution is -2.36. The lowest BCUT2D eigenvalue weighted by Gasteiger charge is -2.29. The van der Waals surface area contributed by atoms with Crippen LogP contribution in [0, 0.1) is 0 Å². The van der Waals surface area contributed by atoms with Gasteiger partial charge in [0.2, 0.25) is 0 Å². The van der Waals surface area contributed by atoms with Crippen molar-refractivity contribution in [3.63, 3.8) is 0 Å². The van der Waals surface area contributed by atoms with Crippen LogP contribution in [0.4, 0.5) is 11.4 Å². The van der Waals surface area contributed by atoms with Crippen LogP contribution in [0.2, 0.25) is 5.02 Å². The first-order valence-corrected chi connectivity index (χ1v) is 10.8. The highest BCUT2D eigenvalue weighted by Gasteiger charge is 2.26. The van der Waals surface area contributed by atoms with E-state index in [1.807, 2.05) is 24.3 Å². The van der Waals surface area contributed by atoms with Crippen LogP contribution in [0.15, 0.2) is 54.7 Å². The number of fused-ring (bicyclic) bond motifs is 1. The van der Waals surface area contributed by atoms with Crippen molar-refractivity contribution in [2.24, 2.45) is 0 Å². The molecule has 6 nitrogen and oxygen atoms in total. The number of hydrogen-bond acceptors (Lipinski definition) is 5. The zero-order valence-corrected chi connectivity index (χ0v) is 18.4. The molecule has 2 aliphatic rings. The van der Waals surface area contributed by atoms with Gasteiger partial charge in [0.25, 0.3) is 5.91 Å². The van der Waals surface area contributed by atoms with Crippen molar-refractivity contribution in [3.05, 3.63) is 71.0 Å². The molecule has 32 heavy (non-hydrogen) atoms. The van der Waals surface area contributed by atoms with E-state index in [1.54, 1.807) is 19.4 Å². The second-order valence-corrected chi connectivity index (χ2v) is 8.07. The Bertz CT molecular complexity index is 1180. The number of carbonyl (C=O) groups excluding carboxylic acids is 1. The molecular weight excluding hydrogens is 426 g/mol. The lowest BCUT2D eigenvalue weighted by molar-refractivity contribution is -0.110. The molecule has 2 aromatic carbocycles. The summed E-state index contributed by atoms with van der Waals surface area (Å²) in [6.07, 6.45) is 3.41. The number of aromatic nitrogens is 1. The van der Waals surface area contributed by atoms with Crippen molar-refractivity contribution in [2.75, 3.05) is 43.6 Å². The smallest absolute Gasteiger partial charge is 0.256 e. The molecule has 0 saturated carbocycles. The monoisotopic (exact) mass is 447 g/mol. The van der Waals surface area contributed by atoms with E-state index in [2.05, 4.69) is 39.5 Å². The molecule has 3 heterocycles. The number of hydrogen-bond donors (Lipinski definition) is 1. The minimum absolute atomic E-state index is 0.173. The zero-order valence-electron chi connectivity index (χ0n) is 17.6. The van der Waals surface area contributed by atoms with E-state index in [1.165, 1.54) is 0 Å². The van der Waals surface area contributed by atoms with Crippen LogP contribution in [0.5, 0.6) is 5.75 Å². The third kappa shape index (κ3) is 3.95. The van der Waals surface area contributed by atoms with Crippen molar-refractivity contribution in [1.29, 1.82) is 0 Å². The average Bonchev–Trinajstić information content (AvgIpc) is 3.13. The van der Waals surface area contributed by atoms with Crippen LogP contribution >= 0.6 is 11.6 Å². The van der Waals surface area contributed by atoms with Crippen molar-refractivity contribution < 1.29 is 14.3 Å². The first-order chi connectivity index (χ1) is 15.6. The van der Waals surface area contributed by atoms with Gasteiger partial charge in [-0.3, -0.25) is 9.78 Å². The first kappa shape index (κ1) is 20.5. The summed E-state index contributed by atoms with van der Waals surface area (Å²) in [6, 6.07) is 15.7. The highest BCUT2D eigenvalue weighted by molar-refractivity contribution is 6.38. The fourth-order valence-corrected chi connectivity index (χ4v) is 4.27. The van der Waals surface area contributed by atoms with Gasteiger partial charge in [0, 0.05) is 29.9 Å². The Hall–Kier alpha value is -3.35. The van der Waals surface area contributed by atoms with E-state index in [-0.39, 0.29) is 5.91 Å². The molecule has 2 aliphatic heterocycles. The Morgan fingerprint density at radius 3 is 2.56 bits per heavy atom. The Balaban J connectivity index is 1.48. The third-order valence-corrected chi connectivity index (χ3v) is 6.04. The van der Waals surface area contributed by atoms with E-state index in [9.17, 15) is 4.79 Å². The number of methoxy groups -OCH3 is 1. The van der Waals surface area contributed by atoms with E-state index in [0.717, 1.165) is 48.7 Å². The number of carbonyl (C=O) groups is 1. The molecular formula is C25H22ClN3O3. The first-order valence-electron chi connectivity index (χ1n) is 10.4. The van der Waals surface area contributed by atoms with Gasteiger partial charge < -0.3 is 19.7 Å². The number of benzene rings is 2. The van der Waals surface area contributed by atoms with Crippen LogP contribution in [0.25, 0.3) is 22.8 Å². The van der Waals surface area contributed by atoms with Gasteiger partial charge >= 0.3 is 0 Å². The molecule has 0 atom stereocenters. The minimum atomic E-state index is -0.173. The number of rotatable bonds is 4. The SMILES string of the molecule is COc1ccc(/C=C2\C(=O)Nc3cc(Cl)c(-c4ccc(N5CCOCC5)cc4)cc32)nc1. The molecule has 1 aromatic heterocycles. The molecule has 1 amide bonds. The van der Waals surface area contributed by atoms with Gasteiger partial charge in [0.05, 0.1) is 48.5 Å². The summed E-state index contributed by atoms with van der Waals surface area (Å²) in [5, 5.41) is 3.49. The van der Waals surface area contributed by atoms with Gasteiger partial charge in [0.15, 0.2) is 0 Å². The summed E-state index contributed by atoms with van der Waals surface area (Å²) in [6.45, 7) is 3.27. The molecule has 0 bridgehead atoms. The third-order valence-electron chi connectivity index (χ3n) is 5.73. The van der Waals surface area contributed by atoms with E-state index in [4.69, 9.17) is 21.1 Å². The standard InChI is InChI=1S/C25H22ClN3O3/c1-31-19-7-4-17(27-15-19)12-22-21-13-20(23(26)14-24(21)28-25(22)30)16-2-5-18(6-3-16)29-8-10-32-11-9-29/h2-7,12-15H,8-11H2,1H3,(H,28,30)/b22-12-. The fraction of sp³-hybridized carbons (Fsp3) is 0.200. The minimum Gasteiger partial charge on any atom is -0.495 e. The number of pyridine rings is 1. The van der Waals surface area contributed by atoms with Crippen LogP contribution in [-0.2, 0) is 9.53 Å². The maximum Gasteiger partial charge on any atom is 0.256 e. The van der Waals surface area contributed by atoms with Crippen LogP contribution < -0.4 is 15.0 Å². The van der Waals surface area contributed by atoms with Crippen molar-refractivity contribution in [2.45, 2.75) is 0 Å². The summed E-state index contributed by atoms with van der Waals surface area (Å²) in [5.41, 5.74) is 5.78. The molecule has 5 rings (SSSR count). The number of halogens is 1. The molecule has 7 heteroatoms. The van der Waals surface area contributed by atoms with Crippen molar-refractivity contribution >= 4 is 40.5 Å². The predicted molar refractivity (Wildman–Crippen MR) is 127 cm³/mol. The van der Waals surface area contributed by atoms with E-state index >= 15 is 0 Å². The summed E-state index contributed by atoms with van der Waals surface area (Å²) in [7, 11) is 1.59. The predicted octanol–water partition coefficient (Wildman–Crippen LogP) is 4.74. The fourth-order valence-electron chi connectivity index (χ4n) is 4.00. The second kappa shape index (κ2) is 8.65. The van der Waals surface area contributed by atoms with Gasteiger partial charge in [-0.1, -0.05) is 23.7 Å². The summed E-state index contributed by atoms with van der Waals surface area (Å²) in [4.78, 5) is 19.3. The Kier molecular flexibility index (Phi) is 5.55.